The highest BCUT2D eigenvalue weighted by atomic mass is 16.4. The van der Waals surface area contributed by atoms with Crippen LogP contribution in [0.4, 0.5) is 4.79 Å². The number of carboxylic acids is 1. The molecule has 1 heterocycles. The summed E-state index contributed by atoms with van der Waals surface area (Å²) in [5, 5.41) is 11.5. The van der Waals surface area contributed by atoms with E-state index in [0.29, 0.717) is 19.5 Å². The van der Waals surface area contributed by atoms with E-state index in [-0.39, 0.29) is 6.03 Å². The van der Waals surface area contributed by atoms with Gasteiger partial charge in [-0.25, -0.2) is 9.59 Å². The number of urea groups is 1. The molecule has 1 aliphatic heterocycles. The second-order valence-electron chi connectivity index (χ2n) is 5.38. The van der Waals surface area contributed by atoms with Gasteiger partial charge in [-0.3, -0.25) is 4.90 Å². The Balaban J connectivity index is 2.33. The van der Waals surface area contributed by atoms with E-state index in [1.807, 2.05) is 14.1 Å². The Kier molecular flexibility index (Phi) is 6.74. The molecular weight excluding hydrogens is 260 g/mol. The summed E-state index contributed by atoms with van der Waals surface area (Å²) in [6.45, 7) is 6.72. The Morgan fingerprint density at radius 2 is 1.85 bits per heavy atom. The van der Waals surface area contributed by atoms with Crippen molar-refractivity contribution in [3.8, 4) is 0 Å². The summed E-state index contributed by atoms with van der Waals surface area (Å²) in [6, 6.07) is -1.07. The number of amides is 2. The van der Waals surface area contributed by atoms with Crippen molar-refractivity contribution in [3.05, 3.63) is 0 Å². The quantitative estimate of drug-likeness (QED) is 0.703. The van der Waals surface area contributed by atoms with Crippen molar-refractivity contribution in [1.82, 2.24) is 20.0 Å². The number of carbonyl (C=O) groups excluding carboxylic acids is 1. The first-order chi connectivity index (χ1) is 9.43. The van der Waals surface area contributed by atoms with Gasteiger partial charge in [-0.2, -0.15) is 0 Å². The highest BCUT2D eigenvalue weighted by molar-refractivity contribution is 5.82. The van der Waals surface area contributed by atoms with E-state index in [1.165, 1.54) is 0 Å². The Morgan fingerprint density at radius 1 is 1.25 bits per heavy atom. The first kappa shape index (κ1) is 16.7. The standard InChI is InChI=1S/C13H26N4O3/c1-4-11(12(18)19)14-13(20)17-9-7-16(8-10-17)6-5-15(2)3/h11H,4-10H2,1-3H3,(H,14,20)(H,18,19). The van der Waals surface area contributed by atoms with Crippen molar-refractivity contribution in [2.45, 2.75) is 19.4 Å². The van der Waals surface area contributed by atoms with Crippen LogP contribution in [-0.4, -0.2) is 91.2 Å². The summed E-state index contributed by atoms with van der Waals surface area (Å²) >= 11 is 0. The molecule has 116 valence electrons. The number of rotatable bonds is 6. The fourth-order valence-electron chi connectivity index (χ4n) is 2.09. The first-order valence-electron chi connectivity index (χ1n) is 7.09. The van der Waals surface area contributed by atoms with E-state index in [0.717, 1.165) is 26.2 Å². The Bertz CT molecular complexity index is 328. The maximum absolute atomic E-state index is 12.0. The van der Waals surface area contributed by atoms with Crippen LogP contribution in [-0.2, 0) is 4.79 Å². The van der Waals surface area contributed by atoms with Gasteiger partial charge >= 0.3 is 12.0 Å². The van der Waals surface area contributed by atoms with E-state index in [1.54, 1.807) is 11.8 Å². The molecule has 0 aromatic rings. The largest absolute Gasteiger partial charge is 0.480 e. The summed E-state index contributed by atoms with van der Waals surface area (Å²) < 4.78 is 0. The van der Waals surface area contributed by atoms with Gasteiger partial charge in [0.25, 0.3) is 0 Å². The third kappa shape index (κ3) is 5.34. The van der Waals surface area contributed by atoms with E-state index >= 15 is 0 Å². The molecule has 1 saturated heterocycles. The molecule has 2 N–H and O–H groups in total. The molecule has 0 aliphatic carbocycles. The molecule has 0 radical (unpaired) electrons. The molecule has 1 unspecified atom stereocenters. The molecule has 2 amide bonds. The fraction of sp³-hybridized carbons (Fsp3) is 0.846. The van der Waals surface area contributed by atoms with E-state index in [4.69, 9.17) is 5.11 Å². The lowest BCUT2D eigenvalue weighted by Crippen LogP contribution is -2.55. The van der Waals surface area contributed by atoms with Crippen LogP contribution >= 0.6 is 0 Å². The maximum atomic E-state index is 12.0. The molecule has 0 aromatic carbocycles. The average molecular weight is 286 g/mol. The number of hydrogen-bond donors (Lipinski definition) is 2. The Hall–Kier alpha value is -1.34. The lowest BCUT2D eigenvalue weighted by Gasteiger charge is -2.35. The fourth-order valence-corrected chi connectivity index (χ4v) is 2.09. The molecule has 1 atom stereocenters. The normalized spacial score (nSPS) is 18.1. The highest BCUT2D eigenvalue weighted by Gasteiger charge is 2.24. The number of likely N-dealkylation sites (N-methyl/N-ethyl adjacent to an activating group) is 1. The first-order valence-corrected chi connectivity index (χ1v) is 7.09. The van der Waals surface area contributed by atoms with Crippen molar-refractivity contribution >= 4 is 12.0 Å². The second-order valence-corrected chi connectivity index (χ2v) is 5.38. The van der Waals surface area contributed by atoms with Crippen molar-refractivity contribution in [2.75, 3.05) is 53.4 Å². The highest BCUT2D eigenvalue weighted by Crippen LogP contribution is 2.03. The summed E-state index contributed by atoms with van der Waals surface area (Å²) in [4.78, 5) is 29.0. The minimum Gasteiger partial charge on any atom is -0.480 e. The number of nitrogens with zero attached hydrogens (tertiary/aromatic N) is 3. The monoisotopic (exact) mass is 286 g/mol. The maximum Gasteiger partial charge on any atom is 0.326 e. The number of carbonyl (C=O) groups is 2. The molecule has 20 heavy (non-hydrogen) atoms. The van der Waals surface area contributed by atoms with Gasteiger partial charge in [-0.15, -0.1) is 0 Å². The zero-order chi connectivity index (χ0) is 15.1. The smallest absolute Gasteiger partial charge is 0.326 e. The third-order valence-electron chi connectivity index (χ3n) is 3.53. The van der Waals surface area contributed by atoms with Crippen LogP contribution in [0.2, 0.25) is 0 Å². The zero-order valence-electron chi connectivity index (χ0n) is 12.6. The summed E-state index contributed by atoms with van der Waals surface area (Å²) in [5.74, 6) is -0.981. The number of hydrogen-bond acceptors (Lipinski definition) is 4. The molecule has 0 bridgehead atoms. The molecule has 1 aliphatic rings. The molecule has 0 saturated carbocycles. The van der Waals surface area contributed by atoms with Gasteiger partial charge in [0.2, 0.25) is 0 Å². The second kappa shape index (κ2) is 8.06. The van der Waals surface area contributed by atoms with Gasteiger partial charge in [0, 0.05) is 39.3 Å². The number of piperazine rings is 1. The third-order valence-corrected chi connectivity index (χ3v) is 3.53. The van der Waals surface area contributed by atoms with Gasteiger partial charge in [0.15, 0.2) is 0 Å². The number of nitrogens with one attached hydrogen (secondary N) is 1. The van der Waals surface area contributed by atoms with Crippen LogP contribution in [0.1, 0.15) is 13.3 Å². The predicted molar refractivity (Wildman–Crippen MR) is 76.8 cm³/mol. The lowest BCUT2D eigenvalue weighted by atomic mass is 10.2. The van der Waals surface area contributed by atoms with Crippen LogP contribution in [0.5, 0.6) is 0 Å². The van der Waals surface area contributed by atoms with Crippen LogP contribution < -0.4 is 5.32 Å². The van der Waals surface area contributed by atoms with Gasteiger partial charge in [-0.05, 0) is 20.5 Å². The molecule has 0 spiro atoms. The SMILES string of the molecule is CCC(NC(=O)N1CCN(CCN(C)C)CC1)C(=O)O. The molecule has 7 heteroatoms. The minimum atomic E-state index is -0.981. The van der Waals surface area contributed by atoms with Crippen LogP contribution in [0, 0.1) is 0 Å². The van der Waals surface area contributed by atoms with E-state index in [2.05, 4.69) is 15.1 Å². The molecule has 1 fully saturated rings. The van der Waals surface area contributed by atoms with Crippen molar-refractivity contribution in [3.63, 3.8) is 0 Å². The minimum absolute atomic E-state index is 0.272. The van der Waals surface area contributed by atoms with Gasteiger partial charge in [-0.1, -0.05) is 6.92 Å². The number of aliphatic carboxylic acids is 1. The van der Waals surface area contributed by atoms with Gasteiger partial charge in [0.05, 0.1) is 0 Å². The van der Waals surface area contributed by atoms with Crippen molar-refractivity contribution in [2.24, 2.45) is 0 Å². The van der Waals surface area contributed by atoms with E-state index < -0.39 is 12.0 Å². The van der Waals surface area contributed by atoms with Crippen LogP contribution in [0.25, 0.3) is 0 Å². The predicted octanol–water partition coefficient (Wildman–Crippen LogP) is -0.262. The lowest BCUT2D eigenvalue weighted by molar-refractivity contribution is -0.139. The molecular formula is C13H26N4O3. The van der Waals surface area contributed by atoms with Crippen molar-refractivity contribution in [1.29, 1.82) is 0 Å². The van der Waals surface area contributed by atoms with Crippen LogP contribution in [0.3, 0.4) is 0 Å². The Labute approximate surface area is 120 Å². The summed E-state index contributed by atoms with van der Waals surface area (Å²) in [7, 11) is 4.08. The average Bonchev–Trinajstić information content (AvgIpc) is 2.42. The number of carboxylic acid groups (broad SMARTS) is 1. The summed E-state index contributed by atoms with van der Waals surface area (Å²) in [6.07, 6.45) is 0.393. The van der Waals surface area contributed by atoms with Crippen molar-refractivity contribution < 1.29 is 14.7 Å². The Morgan fingerprint density at radius 3 is 2.30 bits per heavy atom. The molecule has 7 nitrogen and oxygen atoms in total. The van der Waals surface area contributed by atoms with Crippen LogP contribution in [0.15, 0.2) is 0 Å². The topological polar surface area (TPSA) is 76.1 Å². The summed E-state index contributed by atoms with van der Waals surface area (Å²) in [5.41, 5.74) is 0. The van der Waals surface area contributed by atoms with E-state index in [9.17, 15) is 9.59 Å². The van der Waals surface area contributed by atoms with Gasteiger partial charge in [0.1, 0.15) is 6.04 Å². The zero-order valence-corrected chi connectivity index (χ0v) is 12.6. The molecule has 0 aromatic heterocycles. The molecule has 1 rings (SSSR count). The van der Waals surface area contributed by atoms with Gasteiger partial charge < -0.3 is 20.2 Å².